The van der Waals surface area contributed by atoms with Gasteiger partial charge in [0.25, 0.3) is 0 Å². The largest absolute Gasteiger partial charge is 0.324 e. The van der Waals surface area contributed by atoms with E-state index >= 15 is 0 Å². The number of hydrazine groups is 1. The molecule has 54 valence electrons. The summed E-state index contributed by atoms with van der Waals surface area (Å²) in [5.41, 5.74) is 3.90. The van der Waals surface area contributed by atoms with Crippen LogP contribution >= 0.6 is 0 Å². The van der Waals surface area contributed by atoms with Gasteiger partial charge in [-0.2, -0.15) is 0 Å². The normalized spacial score (nSPS) is 10.3. The van der Waals surface area contributed by atoms with Gasteiger partial charge in [0.2, 0.25) is 0 Å². The fraction of sp³-hybridized carbons (Fsp3) is 0. The standard InChI is InChI=1S/C8H12N2/c1-4-6-8(5-2)7(3)10-9/h4-6,10H,1-3,9H2/b8-6+. The molecule has 2 nitrogen and oxygen atoms in total. The predicted octanol–water partition coefficient (Wildman–Crippen LogP) is 1.26. The molecule has 0 amide bonds. The molecule has 0 rings (SSSR count). The number of nitrogens with one attached hydrogen (secondary N) is 1. The van der Waals surface area contributed by atoms with Gasteiger partial charge in [0.15, 0.2) is 0 Å². The molecule has 0 aliphatic rings. The van der Waals surface area contributed by atoms with Gasteiger partial charge >= 0.3 is 0 Å². The van der Waals surface area contributed by atoms with Crippen LogP contribution in [-0.2, 0) is 0 Å². The lowest BCUT2D eigenvalue weighted by Crippen LogP contribution is -2.20. The van der Waals surface area contributed by atoms with Crippen molar-refractivity contribution < 1.29 is 0 Å². The monoisotopic (exact) mass is 136 g/mol. The molecule has 3 N–H and O–H groups in total. The maximum atomic E-state index is 5.11. The van der Waals surface area contributed by atoms with Crippen molar-refractivity contribution in [2.45, 2.75) is 0 Å². The fourth-order valence-corrected chi connectivity index (χ4v) is 0.502. The third-order valence-electron chi connectivity index (χ3n) is 1.04. The highest BCUT2D eigenvalue weighted by molar-refractivity contribution is 5.37. The molecule has 2 heteroatoms. The van der Waals surface area contributed by atoms with Crippen molar-refractivity contribution in [2.24, 2.45) is 5.84 Å². The van der Waals surface area contributed by atoms with Gasteiger partial charge in [0, 0.05) is 5.70 Å². The Hall–Kier alpha value is -1.28. The predicted molar refractivity (Wildman–Crippen MR) is 44.9 cm³/mol. The molecule has 0 aromatic rings. The first-order valence-electron chi connectivity index (χ1n) is 2.87. The number of nitrogens with two attached hydrogens (primary N) is 1. The molecular formula is C8H12N2. The van der Waals surface area contributed by atoms with Gasteiger partial charge < -0.3 is 5.43 Å². The molecule has 0 aromatic carbocycles. The van der Waals surface area contributed by atoms with E-state index < -0.39 is 0 Å². The molecule has 0 heterocycles. The lowest BCUT2D eigenvalue weighted by Gasteiger charge is -2.02. The summed E-state index contributed by atoms with van der Waals surface area (Å²) in [7, 11) is 0. The van der Waals surface area contributed by atoms with Gasteiger partial charge in [-0.1, -0.05) is 38.0 Å². The Morgan fingerprint density at radius 2 is 2.00 bits per heavy atom. The zero-order chi connectivity index (χ0) is 7.98. The highest BCUT2D eigenvalue weighted by atomic mass is 15.2. The zero-order valence-electron chi connectivity index (χ0n) is 5.93. The Labute approximate surface area is 61.4 Å². The number of hydrogen-bond donors (Lipinski definition) is 2. The van der Waals surface area contributed by atoms with E-state index in [9.17, 15) is 0 Å². The van der Waals surface area contributed by atoms with Crippen LogP contribution < -0.4 is 11.3 Å². The van der Waals surface area contributed by atoms with Gasteiger partial charge in [-0.25, -0.2) is 0 Å². The van der Waals surface area contributed by atoms with Gasteiger partial charge in [-0.3, -0.25) is 5.84 Å². The maximum absolute atomic E-state index is 5.11. The van der Waals surface area contributed by atoms with Crippen molar-refractivity contribution in [3.63, 3.8) is 0 Å². The first-order valence-corrected chi connectivity index (χ1v) is 2.87. The lowest BCUT2D eigenvalue weighted by atomic mass is 10.2. The molecule has 0 saturated heterocycles. The van der Waals surface area contributed by atoms with Crippen molar-refractivity contribution in [1.29, 1.82) is 0 Å². The summed E-state index contributed by atoms with van der Waals surface area (Å²) in [5, 5.41) is 0. The summed E-state index contributed by atoms with van der Waals surface area (Å²) >= 11 is 0. The van der Waals surface area contributed by atoms with Crippen LogP contribution in [0.3, 0.4) is 0 Å². The van der Waals surface area contributed by atoms with Crippen LogP contribution in [0.15, 0.2) is 49.2 Å². The maximum Gasteiger partial charge on any atom is 0.0485 e. The smallest absolute Gasteiger partial charge is 0.0485 e. The summed E-state index contributed by atoms with van der Waals surface area (Å²) in [6, 6.07) is 0. The van der Waals surface area contributed by atoms with Crippen LogP contribution in [-0.4, -0.2) is 0 Å². The van der Waals surface area contributed by atoms with Crippen LogP contribution in [0.1, 0.15) is 0 Å². The second-order valence-corrected chi connectivity index (χ2v) is 1.68. The molecule has 0 radical (unpaired) electrons. The third kappa shape index (κ3) is 2.33. The minimum Gasteiger partial charge on any atom is -0.324 e. The van der Waals surface area contributed by atoms with Gasteiger partial charge in [0.1, 0.15) is 0 Å². The number of hydrogen-bond acceptors (Lipinski definition) is 2. The molecule has 0 unspecified atom stereocenters. The first-order chi connectivity index (χ1) is 4.76. The zero-order valence-corrected chi connectivity index (χ0v) is 5.93. The summed E-state index contributed by atoms with van der Waals surface area (Å²) in [5.74, 6) is 5.11. The Kier molecular flexibility index (Phi) is 4.00. The van der Waals surface area contributed by atoms with Crippen molar-refractivity contribution in [1.82, 2.24) is 5.43 Å². The first kappa shape index (κ1) is 8.72. The van der Waals surface area contributed by atoms with Crippen molar-refractivity contribution in [3.8, 4) is 0 Å². The SMILES string of the molecule is C=C/C=C(\C=C)C(=C)NN. The summed E-state index contributed by atoms with van der Waals surface area (Å²) in [6.07, 6.45) is 5.08. The Bertz CT molecular complexity index is 178. The summed E-state index contributed by atoms with van der Waals surface area (Å²) < 4.78 is 0. The quantitative estimate of drug-likeness (QED) is 0.347. The second kappa shape index (κ2) is 4.58. The molecule has 0 atom stereocenters. The molecule has 0 saturated carbocycles. The van der Waals surface area contributed by atoms with E-state index in [1.807, 2.05) is 0 Å². The van der Waals surface area contributed by atoms with Crippen LogP contribution in [0.2, 0.25) is 0 Å². The van der Waals surface area contributed by atoms with Crippen molar-refractivity contribution in [2.75, 3.05) is 0 Å². The molecule has 0 aliphatic heterocycles. The van der Waals surface area contributed by atoms with Crippen molar-refractivity contribution in [3.05, 3.63) is 49.2 Å². The molecule has 0 spiro atoms. The van der Waals surface area contributed by atoms with E-state index in [4.69, 9.17) is 5.84 Å². The molecule has 0 bridgehead atoms. The van der Waals surface area contributed by atoms with Gasteiger partial charge in [-0.15, -0.1) is 0 Å². The Balaban J connectivity index is 4.34. The minimum absolute atomic E-state index is 0.634. The Morgan fingerprint density at radius 3 is 2.30 bits per heavy atom. The van der Waals surface area contributed by atoms with Gasteiger partial charge in [0.05, 0.1) is 0 Å². The average molecular weight is 136 g/mol. The molecule has 0 aromatic heterocycles. The van der Waals surface area contributed by atoms with Crippen LogP contribution in [0, 0.1) is 0 Å². The fourth-order valence-electron chi connectivity index (χ4n) is 0.502. The average Bonchev–Trinajstić information content (AvgIpc) is 1.99. The number of allylic oxidation sites excluding steroid dienone is 3. The van der Waals surface area contributed by atoms with Crippen molar-refractivity contribution >= 4 is 0 Å². The van der Waals surface area contributed by atoms with E-state index in [2.05, 4.69) is 25.2 Å². The van der Waals surface area contributed by atoms with E-state index in [1.165, 1.54) is 0 Å². The van der Waals surface area contributed by atoms with E-state index in [-0.39, 0.29) is 0 Å². The highest BCUT2D eigenvalue weighted by Gasteiger charge is 1.91. The van der Waals surface area contributed by atoms with E-state index in [0.717, 1.165) is 5.57 Å². The minimum atomic E-state index is 0.634. The topological polar surface area (TPSA) is 38.0 Å². The summed E-state index contributed by atoms with van der Waals surface area (Å²) in [4.78, 5) is 0. The van der Waals surface area contributed by atoms with E-state index in [1.54, 1.807) is 18.2 Å². The Morgan fingerprint density at radius 1 is 1.40 bits per heavy atom. The summed E-state index contributed by atoms with van der Waals surface area (Å²) in [6.45, 7) is 10.7. The van der Waals surface area contributed by atoms with E-state index in [0.29, 0.717) is 5.70 Å². The van der Waals surface area contributed by atoms with Crippen LogP contribution in [0.25, 0.3) is 0 Å². The van der Waals surface area contributed by atoms with Crippen LogP contribution in [0.4, 0.5) is 0 Å². The molecule has 10 heavy (non-hydrogen) atoms. The highest BCUT2D eigenvalue weighted by Crippen LogP contribution is 2.03. The molecule has 0 fully saturated rings. The second-order valence-electron chi connectivity index (χ2n) is 1.68. The third-order valence-corrected chi connectivity index (χ3v) is 1.04. The van der Waals surface area contributed by atoms with Crippen LogP contribution in [0.5, 0.6) is 0 Å². The molecular weight excluding hydrogens is 124 g/mol. The number of rotatable bonds is 4. The lowest BCUT2D eigenvalue weighted by molar-refractivity contribution is 0.909. The van der Waals surface area contributed by atoms with Gasteiger partial charge in [-0.05, 0) is 5.57 Å². The molecule has 0 aliphatic carbocycles.